The fourth-order valence-electron chi connectivity index (χ4n) is 5.02. The molecule has 7 nitrogen and oxygen atoms in total. The standard InChI is InChI=1S/C27H27N3O4/c1-17-10-13-22(34-3)24-21(17)9-6-14-29(24)23(31)16-30-25(32)27(2,28-26(30)33)20-12-11-18-7-4-5-8-19(18)15-20/h4-5,7-8,10-13,15H,6,9,14,16H2,1-3H3,(H,28,33). The van der Waals surface area contributed by atoms with E-state index < -0.39 is 17.5 Å². The third-order valence-electron chi connectivity index (χ3n) is 6.97. The summed E-state index contributed by atoms with van der Waals surface area (Å²) in [6, 6.07) is 16.8. The molecule has 7 heteroatoms. The van der Waals surface area contributed by atoms with Crippen molar-refractivity contribution in [2.24, 2.45) is 0 Å². The number of benzene rings is 3. The highest BCUT2D eigenvalue weighted by Gasteiger charge is 2.50. The van der Waals surface area contributed by atoms with Crippen LogP contribution in [0.2, 0.25) is 0 Å². The molecule has 5 rings (SSSR count). The van der Waals surface area contributed by atoms with Crippen molar-refractivity contribution in [3.05, 3.63) is 71.3 Å². The molecular formula is C27H27N3O4. The van der Waals surface area contributed by atoms with Gasteiger partial charge >= 0.3 is 6.03 Å². The second-order valence-corrected chi connectivity index (χ2v) is 9.07. The van der Waals surface area contributed by atoms with E-state index in [4.69, 9.17) is 4.74 Å². The Balaban J connectivity index is 1.43. The van der Waals surface area contributed by atoms with E-state index >= 15 is 0 Å². The van der Waals surface area contributed by atoms with Gasteiger partial charge in [-0.05, 0) is 66.3 Å². The molecule has 174 valence electrons. The lowest BCUT2D eigenvalue weighted by molar-refractivity contribution is -0.134. The molecule has 1 N–H and O–H groups in total. The maximum atomic E-state index is 13.5. The quantitative estimate of drug-likeness (QED) is 0.603. The third kappa shape index (κ3) is 3.39. The fraction of sp³-hybridized carbons (Fsp3) is 0.296. The second kappa shape index (κ2) is 8.17. The molecular weight excluding hydrogens is 430 g/mol. The number of imide groups is 1. The molecule has 4 amide bonds. The highest BCUT2D eigenvalue weighted by atomic mass is 16.5. The summed E-state index contributed by atoms with van der Waals surface area (Å²) in [4.78, 5) is 42.4. The minimum atomic E-state index is -1.24. The number of carbonyl (C=O) groups excluding carboxylic acids is 3. The Labute approximate surface area is 198 Å². The van der Waals surface area contributed by atoms with Gasteiger partial charge in [-0.1, -0.05) is 42.5 Å². The van der Waals surface area contributed by atoms with Gasteiger partial charge in [-0.3, -0.25) is 14.5 Å². The molecule has 0 aliphatic carbocycles. The van der Waals surface area contributed by atoms with Crippen molar-refractivity contribution < 1.29 is 19.1 Å². The maximum Gasteiger partial charge on any atom is 0.325 e. The minimum absolute atomic E-state index is 0.309. The number of amides is 4. The van der Waals surface area contributed by atoms with Crippen molar-refractivity contribution in [1.82, 2.24) is 10.2 Å². The summed E-state index contributed by atoms with van der Waals surface area (Å²) < 4.78 is 5.53. The molecule has 0 aromatic heterocycles. The number of ether oxygens (including phenoxy) is 1. The van der Waals surface area contributed by atoms with Crippen LogP contribution in [0, 0.1) is 6.92 Å². The van der Waals surface area contributed by atoms with Crippen LogP contribution in [0.1, 0.15) is 30.0 Å². The summed E-state index contributed by atoms with van der Waals surface area (Å²) in [7, 11) is 1.58. The van der Waals surface area contributed by atoms with Crippen LogP contribution in [0.5, 0.6) is 5.75 Å². The van der Waals surface area contributed by atoms with Crippen LogP contribution in [0.15, 0.2) is 54.6 Å². The Hall–Kier alpha value is -3.87. The van der Waals surface area contributed by atoms with Gasteiger partial charge in [-0.25, -0.2) is 4.79 Å². The Kier molecular flexibility index (Phi) is 5.27. The molecule has 2 aliphatic heterocycles. The molecule has 1 saturated heterocycles. The predicted molar refractivity (Wildman–Crippen MR) is 130 cm³/mol. The highest BCUT2D eigenvalue weighted by Crippen LogP contribution is 2.38. The van der Waals surface area contributed by atoms with Gasteiger partial charge in [0.05, 0.1) is 12.8 Å². The van der Waals surface area contributed by atoms with Gasteiger partial charge in [0.1, 0.15) is 17.8 Å². The largest absolute Gasteiger partial charge is 0.495 e. The van der Waals surface area contributed by atoms with Crippen LogP contribution in [0.3, 0.4) is 0 Å². The molecule has 2 heterocycles. The van der Waals surface area contributed by atoms with Gasteiger partial charge in [0.2, 0.25) is 5.91 Å². The molecule has 1 unspecified atom stereocenters. The van der Waals surface area contributed by atoms with Crippen molar-refractivity contribution in [1.29, 1.82) is 0 Å². The van der Waals surface area contributed by atoms with Crippen molar-refractivity contribution >= 4 is 34.3 Å². The molecule has 3 aromatic rings. The van der Waals surface area contributed by atoms with Crippen molar-refractivity contribution in [3.63, 3.8) is 0 Å². The first-order valence-electron chi connectivity index (χ1n) is 11.4. The van der Waals surface area contributed by atoms with E-state index in [-0.39, 0.29) is 12.5 Å². The first-order chi connectivity index (χ1) is 16.3. The van der Waals surface area contributed by atoms with E-state index in [2.05, 4.69) is 5.32 Å². The van der Waals surface area contributed by atoms with Crippen LogP contribution >= 0.6 is 0 Å². The molecule has 2 aliphatic rings. The van der Waals surface area contributed by atoms with E-state index in [9.17, 15) is 14.4 Å². The van der Waals surface area contributed by atoms with E-state index in [1.165, 1.54) is 0 Å². The number of fused-ring (bicyclic) bond motifs is 2. The van der Waals surface area contributed by atoms with Gasteiger partial charge in [0, 0.05) is 6.54 Å². The lowest BCUT2D eigenvalue weighted by Gasteiger charge is -2.32. The summed E-state index contributed by atoms with van der Waals surface area (Å²) in [5.41, 5.74) is 2.34. The number of methoxy groups -OCH3 is 1. The van der Waals surface area contributed by atoms with Gasteiger partial charge in [0.15, 0.2) is 0 Å². The summed E-state index contributed by atoms with van der Waals surface area (Å²) in [6.45, 7) is 3.88. The third-order valence-corrected chi connectivity index (χ3v) is 6.97. The normalized spacial score (nSPS) is 19.9. The molecule has 0 spiro atoms. The Morgan fingerprint density at radius 1 is 1.09 bits per heavy atom. The number of nitrogens with one attached hydrogen (secondary N) is 1. The van der Waals surface area contributed by atoms with Gasteiger partial charge in [-0.15, -0.1) is 0 Å². The zero-order valence-corrected chi connectivity index (χ0v) is 19.6. The number of aryl methyl sites for hydroxylation is 1. The number of rotatable bonds is 4. The van der Waals surface area contributed by atoms with E-state index in [0.717, 1.165) is 45.3 Å². The molecule has 3 aromatic carbocycles. The minimum Gasteiger partial charge on any atom is -0.495 e. The second-order valence-electron chi connectivity index (χ2n) is 9.07. The smallest absolute Gasteiger partial charge is 0.325 e. The van der Waals surface area contributed by atoms with E-state index in [1.807, 2.05) is 61.5 Å². The summed E-state index contributed by atoms with van der Waals surface area (Å²) in [6.07, 6.45) is 1.66. The molecule has 1 fully saturated rings. The lowest BCUT2D eigenvalue weighted by Crippen LogP contribution is -2.46. The van der Waals surface area contributed by atoms with Gasteiger partial charge < -0.3 is 15.0 Å². The average molecular weight is 458 g/mol. The monoisotopic (exact) mass is 457 g/mol. The Bertz CT molecular complexity index is 1330. The van der Waals surface area contributed by atoms with Crippen molar-refractivity contribution in [2.45, 2.75) is 32.2 Å². The number of nitrogens with zero attached hydrogens (tertiary/aromatic N) is 2. The van der Waals surface area contributed by atoms with Crippen molar-refractivity contribution in [3.8, 4) is 5.75 Å². The molecule has 34 heavy (non-hydrogen) atoms. The van der Waals surface area contributed by atoms with E-state index in [1.54, 1.807) is 18.9 Å². The Morgan fingerprint density at radius 3 is 2.62 bits per heavy atom. The lowest BCUT2D eigenvalue weighted by atomic mass is 9.90. The van der Waals surface area contributed by atoms with Crippen molar-refractivity contribution in [2.75, 3.05) is 25.1 Å². The Morgan fingerprint density at radius 2 is 1.85 bits per heavy atom. The van der Waals surface area contributed by atoms with Crippen LogP contribution in [-0.4, -0.2) is 42.9 Å². The van der Waals surface area contributed by atoms with Crippen LogP contribution in [0.4, 0.5) is 10.5 Å². The first-order valence-corrected chi connectivity index (χ1v) is 11.4. The number of hydrogen-bond acceptors (Lipinski definition) is 4. The van der Waals surface area contributed by atoms with Gasteiger partial charge in [-0.2, -0.15) is 0 Å². The molecule has 0 bridgehead atoms. The molecule has 0 saturated carbocycles. The summed E-state index contributed by atoms with van der Waals surface area (Å²) in [5, 5.41) is 4.84. The average Bonchev–Trinajstić information content (AvgIpc) is 3.07. The number of hydrogen-bond donors (Lipinski definition) is 1. The SMILES string of the molecule is COc1ccc(C)c2c1N(C(=O)CN1C(=O)NC(C)(c3ccc4ccccc4c3)C1=O)CCC2. The predicted octanol–water partition coefficient (Wildman–Crippen LogP) is 3.90. The van der Waals surface area contributed by atoms with Crippen LogP contribution < -0.4 is 15.0 Å². The molecule has 0 radical (unpaired) electrons. The highest BCUT2D eigenvalue weighted by molar-refractivity contribution is 6.11. The number of urea groups is 1. The summed E-state index contributed by atoms with van der Waals surface area (Å²) in [5.74, 6) is -0.127. The number of anilines is 1. The maximum absolute atomic E-state index is 13.5. The van der Waals surface area contributed by atoms with E-state index in [0.29, 0.717) is 17.9 Å². The number of carbonyl (C=O) groups is 3. The van der Waals surface area contributed by atoms with Gasteiger partial charge in [0.25, 0.3) is 5.91 Å². The van der Waals surface area contributed by atoms with Crippen LogP contribution in [-0.2, 0) is 21.5 Å². The fourth-order valence-corrected chi connectivity index (χ4v) is 5.02. The van der Waals surface area contributed by atoms with Crippen LogP contribution in [0.25, 0.3) is 10.8 Å². The molecule has 1 atom stereocenters. The zero-order valence-electron chi connectivity index (χ0n) is 19.6. The zero-order chi connectivity index (χ0) is 24.0. The first kappa shape index (κ1) is 21.9. The summed E-state index contributed by atoms with van der Waals surface area (Å²) >= 11 is 0. The topological polar surface area (TPSA) is 79.0 Å².